The number of anilines is 1. The molecule has 2 nitrogen and oxygen atoms in total. The highest BCUT2D eigenvalue weighted by Gasteiger charge is 2.06. The van der Waals surface area contributed by atoms with Crippen LogP contribution in [0.4, 0.5) is 5.69 Å². The van der Waals surface area contributed by atoms with Crippen molar-refractivity contribution in [1.29, 1.82) is 0 Å². The molecule has 0 unspecified atom stereocenters. The normalized spacial score (nSPS) is 9.93. The summed E-state index contributed by atoms with van der Waals surface area (Å²) in [4.78, 5) is 11.2. The number of nitrogens with one attached hydrogen (secondary N) is 1. The lowest BCUT2D eigenvalue weighted by Gasteiger charge is -2.11. The van der Waals surface area contributed by atoms with Crippen molar-refractivity contribution in [3.63, 3.8) is 0 Å². The molecule has 0 aromatic heterocycles. The van der Waals surface area contributed by atoms with Crippen molar-refractivity contribution in [1.82, 2.24) is 0 Å². The zero-order valence-electron chi connectivity index (χ0n) is 8.43. The second-order valence-corrected chi connectivity index (χ2v) is 3.41. The molecule has 1 aromatic rings. The molecule has 1 rings (SSSR count). The number of para-hydroxylation sites is 1. The van der Waals surface area contributed by atoms with Gasteiger partial charge in [-0.05, 0) is 24.5 Å². The largest absolute Gasteiger partial charge is 0.325 e. The summed E-state index contributed by atoms with van der Waals surface area (Å²) < 4.78 is 0. The molecule has 14 heavy (non-hydrogen) atoms. The van der Waals surface area contributed by atoms with Gasteiger partial charge in [-0.25, -0.2) is 0 Å². The summed E-state index contributed by atoms with van der Waals surface area (Å²) in [5.41, 5.74) is 3.12. The third kappa shape index (κ3) is 2.48. The second-order valence-electron chi connectivity index (χ2n) is 3.14. The first-order chi connectivity index (χ1) is 6.69. The zero-order valence-corrected chi connectivity index (χ0v) is 9.19. The summed E-state index contributed by atoms with van der Waals surface area (Å²) in [7, 11) is 0. The van der Waals surface area contributed by atoms with Crippen LogP contribution in [0.25, 0.3) is 0 Å². The van der Waals surface area contributed by atoms with Crippen LogP contribution in [0.1, 0.15) is 18.1 Å². The van der Waals surface area contributed by atoms with E-state index in [9.17, 15) is 4.79 Å². The third-order valence-electron chi connectivity index (χ3n) is 2.13. The fourth-order valence-electron chi connectivity index (χ4n) is 1.37. The maximum Gasteiger partial charge on any atom is 0.239 e. The number of aryl methyl sites for hydroxylation is 2. The number of hydrogen-bond donors (Lipinski definition) is 1. The molecule has 0 radical (unpaired) electrons. The Hall–Kier alpha value is -1.02. The fourth-order valence-corrected chi connectivity index (χ4v) is 1.44. The molecule has 0 aliphatic carbocycles. The van der Waals surface area contributed by atoms with E-state index in [1.807, 2.05) is 25.1 Å². The SMILES string of the molecule is CCc1cccc(C)c1NC(=O)CCl. The van der Waals surface area contributed by atoms with Crippen LogP contribution in [-0.4, -0.2) is 11.8 Å². The third-order valence-corrected chi connectivity index (χ3v) is 2.37. The van der Waals surface area contributed by atoms with Crippen LogP contribution in [0.5, 0.6) is 0 Å². The Balaban J connectivity index is 2.98. The first kappa shape index (κ1) is 11.1. The van der Waals surface area contributed by atoms with Crippen LogP contribution in [0.3, 0.4) is 0 Å². The van der Waals surface area contributed by atoms with Gasteiger partial charge in [0.2, 0.25) is 5.91 Å². The zero-order chi connectivity index (χ0) is 10.6. The smallest absolute Gasteiger partial charge is 0.239 e. The van der Waals surface area contributed by atoms with Crippen molar-refractivity contribution in [2.24, 2.45) is 0 Å². The van der Waals surface area contributed by atoms with Gasteiger partial charge in [0.25, 0.3) is 0 Å². The average Bonchev–Trinajstić information content (AvgIpc) is 2.20. The monoisotopic (exact) mass is 211 g/mol. The molecule has 76 valence electrons. The maximum atomic E-state index is 11.2. The Morgan fingerprint density at radius 3 is 2.79 bits per heavy atom. The molecule has 0 bridgehead atoms. The molecule has 1 N–H and O–H groups in total. The molecule has 0 spiro atoms. The molecule has 0 heterocycles. The summed E-state index contributed by atoms with van der Waals surface area (Å²) in [6, 6.07) is 5.98. The van der Waals surface area contributed by atoms with Crippen molar-refractivity contribution in [2.75, 3.05) is 11.2 Å². The topological polar surface area (TPSA) is 29.1 Å². The second kappa shape index (κ2) is 5.01. The van der Waals surface area contributed by atoms with Crippen LogP contribution in [0.2, 0.25) is 0 Å². The van der Waals surface area contributed by atoms with Crippen LogP contribution in [0.15, 0.2) is 18.2 Å². The summed E-state index contributed by atoms with van der Waals surface area (Å²) >= 11 is 5.44. The van der Waals surface area contributed by atoms with E-state index in [1.54, 1.807) is 0 Å². The number of amides is 1. The van der Waals surface area contributed by atoms with Crippen molar-refractivity contribution in [3.8, 4) is 0 Å². The number of halogens is 1. The van der Waals surface area contributed by atoms with E-state index < -0.39 is 0 Å². The maximum absolute atomic E-state index is 11.2. The van der Waals surface area contributed by atoms with E-state index in [-0.39, 0.29) is 11.8 Å². The van der Waals surface area contributed by atoms with E-state index in [1.165, 1.54) is 0 Å². The van der Waals surface area contributed by atoms with Crippen LogP contribution < -0.4 is 5.32 Å². The highest BCUT2D eigenvalue weighted by Crippen LogP contribution is 2.20. The summed E-state index contributed by atoms with van der Waals surface area (Å²) in [6.45, 7) is 4.04. The van der Waals surface area contributed by atoms with E-state index in [2.05, 4.69) is 12.2 Å². The molecule has 0 aliphatic rings. The Morgan fingerprint density at radius 1 is 1.50 bits per heavy atom. The summed E-state index contributed by atoms with van der Waals surface area (Å²) in [5, 5.41) is 2.81. The Labute approximate surface area is 89.3 Å². The van der Waals surface area contributed by atoms with Gasteiger partial charge in [-0.3, -0.25) is 4.79 Å². The standard InChI is InChI=1S/C11H14ClNO/c1-3-9-6-4-5-8(2)11(9)13-10(14)7-12/h4-6H,3,7H2,1-2H3,(H,13,14). The van der Waals surface area contributed by atoms with E-state index in [4.69, 9.17) is 11.6 Å². The lowest BCUT2D eigenvalue weighted by Crippen LogP contribution is -2.14. The van der Waals surface area contributed by atoms with Gasteiger partial charge in [-0.2, -0.15) is 0 Å². The van der Waals surface area contributed by atoms with Crippen molar-refractivity contribution < 1.29 is 4.79 Å². The van der Waals surface area contributed by atoms with Gasteiger partial charge in [0.15, 0.2) is 0 Å². The number of carbonyl (C=O) groups is 1. The minimum Gasteiger partial charge on any atom is -0.325 e. The Kier molecular flexibility index (Phi) is 3.96. The van der Waals surface area contributed by atoms with Gasteiger partial charge >= 0.3 is 0 Å². The van der Waals surface area contributed by atoms with Gasteiger partial charge in [0.05, 0.1) is 0 Å². The average molecular weight is 212 g/mol. The summed E-state index contributed by atoms with van der Waals surface area (Å²) in [5.74, 6) is -0.159. The van der Waals surface area contributed by atoms with E-state index in [0.717, 1.165) is 23.2 Å². The van der Waals surface area contributed by atoms with Gasteiger partial charge in [0.1, 0.15) is 5.88 Å². The lowest BCUT2D eigenvalue weighted by atomic mass is 10.1. The van der Waals surface area contributed by atoms with Gasteiger partial charge in [-0.15, -0.1) is 11.6 Å². The highest BCUT2D eigenvalue weighted by atomic mass is 35.5. The first-order valence-electron chi connectivity index (χ1n) is 4.63. The number of benzene rings is 1. The van der Waals surface area contributed by atoms with Crippen molar-refractivity contribution in [2.45, 2.75) is 20.3 Å². The molecular weight excluding hydrogens is 198 g/mol. The Bertz CT molecular complexity index is 336. The predicted molar refractivity (Wildman–Crippen MR) is 59.9 cm³/mol. The van der Waals surface area contributed by atoms with Crippen LogP contribution in [-0.2, 0) is 11.2 Å². The molecule has 0 aliphatic heterocycles. The molecule has 0 atom stereocenters. The first-order valence-corrected chi connectivity index (χ1v) is 5.16. The summed E-state index contributed by atoms with van der Waals surface area (Å²) in [6.07, 6.45) is 0.902. The predicted octanol–water partition coefficient (Wildman–Crippen LogP) is 2.73. The van der Waals surface area contributed by atoms with E-state index >= 15 is 0 Å². The van der Waals surface area contributed by atoms with Crippen molar-refractivity contribution >= 4 is 23.2 Å². The molecule has 0 saturated carbocycles. The van der Waals surface area contributed by atoms with Crippen LogP contribution in [0, 0.1) is 6.92 Å². The minimum atomic E-state index is -0.157. The van der Waals surface area contributed by atoms with Gasteiger partial charge in [-0.1, -0.05) is 25.1 Å². The molecule has 1 amide bonds. The number of carbonyl (C=O) groups excluding carboxylic acids is 1. The Morgan fingerprint density at radius 2 is 2.21 bits per heavy atom. The number of alkyl halides is 1. The van der Waals surface area contributed by atoms with E-state index in [0.29, 0.717) is 0 Å². The molecular formula is C11H14ClNO. The number of hydrogen-bond acceptors (Lipinski definition) is 1. The van der Waals surface area contributed by atoms with Gasteiger partial charge in [0, 0.05) is 5.69 Å². The van der Waals surface area contributed by atoms with Gasteiger partial charge < -0.3 is 5.32 Å². The highest BCUT2D eigenvalue weighted by molar-refractivity contribution is 6.29. The molecule has 1 aromatic carbocycles. The molecule has 3 heteroatoms. The minimum absolute atomic E-state index is 0.00249. The molecule has 0 saturated heterocycles. The van der Waals surface area contributed by atoms with Crippen LogP contribution >= 0.6 is 11.6 Å². The number of rotatable bonds is 3. The fraction of sp³-hybridized carbons (Fsp3) is 0.364. The molecule has 0 fully saturated rings. The lowest BCUT2D eigenvalue weighted by molar-refractivity contribution is -0.113. The quantitative estimate of drug-likeness (QED) is 0.766. The van der Waals surface area contributed by atoms with Crippen molar-refractivity contribution in [3.05, 3.63) is 29.3 Å².